The number of carbonyl (C=O) groups excluding carboxylic acids is 1. The topological polar surface area (TPSA) is 53.8 Å². The quantitative estimate of drug-likeness (QED) is 0.538. The third kappa shape index (κ3) is 5.53. The van der Waals surface area contributed by atoms with Crippen LogP contribution in [0.25, 0.3) is 0 Å². The molecule has 4 nitrogen and oxygen atoms in total. The molecule has 0 radical (unpaired) electrons. The minimum Gasteiger partial charge on any atom is -0.303 e. The van der Waals surface area contributed by atoms with Gasteiger partial charge in [-0.1, -0.05) is 84.9 Å². The second kappa shape index (κ2) is 8.40. The first kappa shape index (κ1) is 19.8. The Morgan fingerprint density at radius 1 is 1.11 bits per heavy atom. The summed E-state index contributed by atoms with van der Waals surface area (Å²) in [7, 11) is 0. The van der Waals surface area contributed by atoms with Crippen LogP contribution in [-0.2, 0) is 16.6 Å². The molecule has 3 rings (SSSR count). The molecule has 0 aliphatic carbocycles. The van der Waals surface area contributed by atoms with Crippen molar-refractivity contribution in [2.75, 3.05) is 0 Å². The molecular weight excluding hydrogens is 422 g/mol. The molecule has 1 fully saturated rings. The van der Waals surface area contributed by atoms with Gasteiger partial charge in [0.15, 0.2) is 5.17 Å². The molecule has 1 aliphatic heterocycles. The molecular formula is C21H22BrN3OS. The lowest BCUT2D eigenvalue weighted by Gasteiger charge is -2.18. The molecule has 2 aromatic rings. The van der Waals surface area contributed by atoms with Crippen LogP contribution >= 0.6 is 27.7 Å². The molecule has 6 heteroatoms. The van der Waals surface area contributed by atoms with Crippen LogP contribution in [-0.4, -0.2) is 22.5 Å². The number of hydrogen-bond acceptors (Lipinski definition) is 4. The van der Waals surface area contributed by atoms with Crippen molar-refractivity contribution in [3.05, 3.63) is 69.7 Å². The monoisotopic (exact) mass is 443 g/mol. The molecule has 0 bridgehead atoms. The van der Waals surface area contributed by atoms with Gasteiger partial charge in [0.25, 0.3) is 0 Å². The molecule has 1 heterocycles. The molecule has 2 aromatic carbocycles. The number of thioether (sulfide) groups is 1. The van der Waals surface area contributed by atoms with E-state index < -0.39 is 0 Å². The van der Waals surface area contributed by atoms with Crippen molar-refractivity contribution < 1.29 is 4.79 Å². The van der Waals surface area contributed by atoms with Gasteiger partial charge in [0.1, 0.15) is 0 Å². The maximum Gasteiger partial charge on any atom is 0.239 e. The lowest BCUT2D eigenvalue weighted by molar-refractivity contribution is -0.118. The van der Waals surface area contributed by atoms with Crippen molar-refractivity contribution in [2.24, 2.45) is 10.2 Å². The van der Waals surface area contributed by atoms with Crippen LogP contribution in [0.15, 0.2) is 63.2 Å². The van der Waals surface area contributed by atoms with Crippen molar-refractivity contribution in [3.63, 3.8) is 0 Å². The molecule has 1 atom stereocenters. The van der Waals surface area contributed by atoms with Crippen molar-refractivity contribution in [2.45, 2.75) is 37.9 Å². The highest BCUT2D eigenvalue weighted by atomic mass is 79.9. The van der Waals surface area contributed by atoms with Crippen molar-refractivity contribution in [1.82, 2.24) is 5.32 Å². The van der Waals surface area contributed by atoms with E-state index in [1.807, 2.05) is 36.4 Å². The highest BCUT2D eigenvalue weighted by molar-refractivity contribution is 9.10. The Morgan fingerprint density at radius 3 is 2.41 bits per heavy atom. The van der Waals surface area contributed by atoms with Crippen molar-refractivity contribution >= 4 is 45.0 Å². The summed E-state index contributed by atoms with van der Waals surface area (Å²) in [5, 5.41) is 11.5. The van der Waals surface area contributed by atoms with Gasteiger partial charge in [-0.2, -0.15) is 5.10 Å². The zero-order valence-corrected chi connectivity index (χ0v) is 18.0. The molecule has 1 unspecified atom stereocenters. The normalized spacial score (nSPS) is 19.0. The number of amides is 1. The first-order chi connectivity index (χ1) is 12.8. The van der Waals surface area contributed by atoms with E-state index in [9.17, 15) is 4.79 Å². The number of amidine groups is 1. The van der Waals surface area contributed by atoms with Crippen LogP contribution in [0.4, 0.5) is 0 Å². The molecule has 0 spiro atoms. The van der Waals surface area contributed by atoms with E-state index >= 15 is 0 Å². The average Bonchev–Trinajstić information content (AvgIpc) is 2.96. The van der Waals surface area contributed by atoms with Gasteiger partial charge in [0.2, 0.25) is 5.91 Å². The Morgan fingerprint density at radius 2 is 1.78 bits per heavy atom. The van der Waals surface area contributed by atoms with Gasteiger partial charge < -0.3 is 5.32 Å². The Hall–Kier alpha value is -1.92. The average molecular weight is 444 g/mol. The maximum absolute atomic E-state index is 12.1. The minimum atomic E-state index is -0.175. The van der Waals surface area contributed by atoms with E-state index in [2.05, 4.69) is 64.4 Å². The number of hydrogen-bond donors (Lipinski definition) is 1. The molecule has 0 aromatic heterocycles. The summed E-state index contributed by atoms with van der Waals surface area (Å²) in [5.74, 6) is -0.0219. The summed E-state index contributed by atoms with van der Waals surface area (Å²) in [4.78, 5) is 12.1. The largest absolute Gasteiger partial charge is 0.303 e. The lowest BCUT2D eigenvalue weighted by atomic mass is 9.87. The van der Waals surface area contributed by atoms with Gasteiger partial charge in [0.05, 0.1) is 11.5 Å². The lowest BCUT2D eigenvalue weighted by Crippen LogP contribution is -2.25. The predicted molar refractivity (Wildman–Crippen MR) is 118 cm³/mol. The summed E-state index contributed by atoms with van der Waals surface area (Å²) in [6.45, 7) is 6.56. The number of benzene rings is 2. The molecule has 0 saturated carbocycles. The summed E-state index contributed by atoms with van der Waals surface area (Å²) in [6, 6.07) is 16.3. The number of nitrogens with one attached hydrogen (secondary N) is 1. The van der Waals surface area contributed by atoms with E-state index in [0.717, 1.165) is 15.6 Å². The molecule has 27 heavy (non-hydrogen) atoms. The van der Waals surface area contributed by atoms with Gasteiger partial charge in [-0.05, 0) is 40.7 Å². The second-order valence-corrected chi connectivity index (χ2v) is 9.56. The molecule has 1 aliphatic rings. The second-order valence-electron chi connectivity index (χ2n) is 7.45. The highest BCUT2D eigenvalue weighted by Crippen LogP contribution is 2.24. The summed E-state index contributed by atoms with van der Waals surface area (Å²) in [5.41, 5.74) is 3.51. The predicted octanol–water partition coefficient (Wildman–Crippen LogP) is 4.91. The smallest absolute Gasteiger partial charge is 0.239 e. The SMILES string of the molecule is CC(C)(C)c1ccc(/C=N/N=C2\NC(=O)C(Cc3ccc(Br)cc3)S2)cc1. The Balaban J connectivity index is 1.60. The fourth-order valence-corrected chi connectivity index (χ4v) is 3.87. The third-order valence-corrected chi connectivity index (χ3v) is 5.84. The van der Waals surface area contributed by atoms with Crippen LogP contribution in [0.3, 0.4) is 0 Å². The van der Waals surface area contributed by atoms with Crippen molar-refractivity contribution in [1.29, 1.82) is 0 Å². The fourth-order valence-electron chi connectivity index (χ4n) is 2.64. The van der Waals surface area contributed by atoms with Crippen LogP contribution in [0.5, 0.6) is 0 Å². The van der Waals surface area contributed by atoms with Gasteiger partial charge in [-0.3, -0.25) is 4.79 Å². The molecule has 1 N–H and O–H groups in total. The third-order valence-electron chi connectivity index (χ3n) is 4.24. The number of rotatable bonds is 4. The zero-order chi connectivity index (χ0) is 19.4. The van der Waals surface area contributed by atoms with E-state index in [-0.39, 0.29) is 16.6 Å². The van der Waals surface area contributed by atoms with Crippen molar-refractivity contribution in [3.8, 4) is 0 Å². The van der Waals surface area contributed by atoms with Gasteiger partial charge in [0, 0.05) is 4.47 Å². The standard InChI is InChI=1S/C21H22BrN3OS/c1-21(2,3)16-8-4-15(5-9-16)13-23-25-20-24-19(26)18(27-20)12-14-6-10-17(22)11-7-14/h4-11,13,18H,12H2,1-3H3,(H,24,25,26)/b23-13+. The van der Waals surface area contributed by atoms with Gasteiger partial charge in [-0.25, -0.2) is 0 Å². The molecule has 1 saturated heterocycles. The summed E-state index contributed by atoms with van der Waals surface area (Å²) >= 11 is 4.84. The number of carbonyl (C=O) groups is 1. The molecule has 1 amide bonds. The van der Waals surface area contributed by atoms with E-state index in [0.29, 0.717) is 11.6 Å². The summed E-state index contributed by atoms with van der Waals surface area (Å²) in [6.07, 6.45) is 2.37. The Labute approximate surface area is 172 Å². The first-order valence-corrected chi connectivity index (χ1v) is 10.4. The number of nitrogens with zero attached hydrogens (tertiary/aromatic N) is 2. The Kier molecular flexibility index (Phi) is 6.17. The van der Waals surface area contributed by atoms with E-state index in [1.165, 1.54) is 17.3 Å². The zero-order valence-electron chi connectivity index (χ0n) is 15.6. The molecule has 140 valence electrons. The highest BCUT2D eigenvalue weighted by Gasteiger charge is 2.30. The van der Waals surface area contributed by atoms with Gasteiger partial charge in [-0.15, -0.1) is 5.10 Å². The minimum absolute atomic E-state index is 0.0219. The van der Waals surface area contributed by atoms with E-state index in [1.54, 1.807) is 6.21 Å². The number of halogens is 1. The van der Waals surface area contributed by atoms with Crippen LogP contribution in [0.2, 0.25) is 0 Å². The summed E-state index contributed by atoms with van der Waals surface area (Å²) < 4.78 is 1.03. The van der Waals surface area contributed by atoms with Gasteiger partial charge >= 0.3 is 0 Å². The van der Waals surface area contributed by atoms with Crippen LogP contribution in [0.1, 0.15) is 37.5 Å². The van der Waals surface area contributed by atoms with Crippen LogP contribution in [0, 0.1) is 0 Å². The fraction of sp³-hybridized carbons (Fsp3) is 0.286. The first-order valence-electron chi connectivity index (χ1n) is 8.75. The Bertz CT molecular complexity index is 868. The van der Waals surface area contributed by atoms with E-state index in [4.69, 9.17) is 0 Å². The van der Waals surface area contributed by atoms with Crippen LogP contribution < -0.4 is 5.32 Å². The maximum atomic E-state index is 12.1.